The van der Waals surface area contributed by atoms with E-state index in [1.165, 1.54) is 0 Å². The standard InChI is InChI=1S/C13H16N4O/c1-16-6-8-17(9-7-16)13(18)11-3-5-15-12(10-11)2-4-14/h3,5,10H,2,6-9H2,1H3. The predicted octanol–water partition coefficient (Wildman–Crippen LogP) is 0.535. The van der Waals surface area contributed by atoms with Crippen molar-refractivity contribution in [2.45, 2.75) is 6.42 Å². The van der Waals surface area contributed by atoms with Crippen LogP contribution in [-0.2, 0) is 6.42 Å². The lowest BCUT2D eigenvalue weighted by atomic mass is 10.1. The molecule has 1 fully saturated rings. The molecule has 0 N–H and O–H groups in total. The molecule has 1 aliphatic rings. The highest BCUT2D eigenvalue weighted by atomic mass is 16.2. The van der Waals surface area contributed by atoms with E-state index in [1.807, 2.05) is 11.0 Å². The summed E-state index contributed by atoms with van der Waals surface area (Å²) in [5.74, 6) is 0.0321. The molecule has 1 amide bonds. The quantitative estimate of drug-likeness (QED) is 0.761. The molecule has 5 heteroatoms. The van der Waals surface area contributed by atoms with Gasteiger partial charge in [0.2, 0.25) is 0 Å². The third-order valence-corrected chi connectivity index (χ3v) is 3.11. The van der Waals surface area contributed by atoms with Crippen LogP contribution in [0.3, 0.4) is 0 Å². The van der Waals surface area contributed by atoms with Crippen LogP contribution in [0, 0.1) is 11.3 Å². The first-order valence-corrected chi connectivity index (χ1v) is 6.00. The Labute approximate surface area is 107 Å². The van der Waals surface area contributed by atoms with Crippen molar-refractivity contribution in [3.05, 3.63) is 29.6 Å². The van der Waals surface area contributed by atoms with Crippen LogP contribution in [0.25, 0.3) is 0 Å². The van der Waals surface area contributed by atoms with Gasteiger partial charge in [0.25, 0.3) is 5.91 Å². The molecule has 18 heavy (non-hydrogen) atoms. The number of hydrogen-bond acceptors (Lipinski definition) is 4. The van der Waals surface area contributed by atoms with E-state index >= 15 is 0 Å². The van der Waals surface area contributed by atoms with Crippen LogP contribution in [0.2, 0.25) is 0 Å². The second-order valence-corrected chi connectivity index (χ2v) is 4.47. The number of hydrogen-bond donors (Lipinski definition) is 0. The Morgan fingerprint density at radius 2 is 2.17 bits per heavy atom. The highest BCUT2D eigenvalue weighted by Gasteiger charge is 2.20. The summed E-state index contributed by atoms with van der Waals surface area (Å²) in [5, 5.41) is 8.64. The van der Waals surface area contributed by atoms with Crippen LogP contribution >= 0.6 is 0 Å². The number of piperazine rings is 1. The summed E-state index contributed by atoms with van der Waals surface area (Å²) in [4.78, 5) is 20.4. The minimum atomic E-state index is 0.0321. The van der Waals surface area contributed by atoms with Gasteiger partial charge in [-0.05, 0) is 19.2 Å². The molecule has 0 spiro atoms. The highest BCUT2D eigenvalue weighted by Crippen LogP contribution is 2.09. The molecule has 0 aliphatic carbocycles. The Kier molecular flexibility index (Phi) is 3.90. The molecule has 1 saturated heterocycles. The first-order valence-electron chi connectivity index (χ1n) is 6.00. The molecular formula is C13H16N4O. The first kappa shape index (κ1) is 12.5. The molecule has 1 aliphatic heterocycles. The SMILES string of the molecule is CN1CCN(C(=O)c2ccnc(CC#N)c2)CC1. The molecule has 0 aromatic carbocycles. The summed E-state index contributed by atoms with van der Waals surface area (Å²) in [5.41, 5.74) is 1.28. The van der Waals surface area contributed by atoms with E-state index in [4.69, 9.17) is 5.26 Å². The van der Waals surface area contributed by atoms with Crippen molar-refractivity contribution in [3.63, 3.8) is 0 Å². The molecule has 0 radical (unpaired) electrons. The fraction of sp³-hybridized carbons (Fsp3) is 0.462. The van der Waals surface area contributed by atoms with Gasteiger partial charge >= 0.3 is 0 Å². The van der Waals surface area contributed by atoms with Crippen molar-refractivity contribution < 1.29 is 4.79 Å². The molecule has 2 heterocycles. The van der Waals surface area contributed by atoms with Gasteiger partial charge in [0, 0.05) is 37.9 Å². The summed E-state index contributed by atoms with van der Waals surface area (Å²) in [6, 6.07) is 5.46. The van der Waals surface area contributed by atoms with Gasteiger partial charge in [0.1, 0.15) is 0 Å². The fourth-order valence-electron chi connectivity index (χ4n) is 1.98. The molecule has 0 bridgehead atoms. The second kappa shape index (κ2) is 5.61. The third kappa shape index (κ3) is 2.84. The molecule has 5 nitrogen and oxygen atoms in total. The van der Waals surface area contributed by atoms with Crippen molar-refractivity contribution in [1.82, 2.24) is 14.8 Å². The first-order chi connectivity index (χ1) is 8.70. The Hall–Kier alpha value is -1.93. The molecule has 1 aromatic heterocycles. The Morgan fingerprint density at radius 3 is 2.83 bits per heavy atom. The highest BCUT2D eigenvalue weighted by molar-refractivity contribution is 5.94. The lowest BCUT2D eigenvalue weighted by Crippen LogP contribution is -2.47. The zero-order chi connectivity index (χ0) is 13.0. The summed E-state index contributed by atoms with van der Waals surface area (Å²) < 4.78 is 0. The van der Waals surface area contributed by atoms with Gasteiger partial charge in [-0.2, -0.15) is 5.26 Å². The van der Waals surface area contributed by atoms with E-state index in [2.05, 4.69) is 16.9 Å². The lowest BCUT2D eigenvalue weighted by molar-refractivity contribution is 0.0664. The summed E-state index contributed by atoms with van der Waals surface area (Å²) in [6.07, 6.45) is 1.83. The number of carbonyl (C=O) groups is 1. The van der Waals surface area contributed by atoms with Gasteiger partial charge in [-0.1, -0.05) is 0 Å². The smallest absolute Gasteiger partial charge is 0.254 e. The number of carbonyl (C=O) groups excluding carboxylic acids is 1. The largest absolute Gasteiger partial charge is 0.336 e. The number of aromatic nitrogens is 1. The average molecular weight is 244 g/mol. The molecule has 94 valence electrons. The number of amides is 1. The number of pyridine rings is 1. The molecule has 0 unspecified atom stereocenters. The molecular weight excluding hydrogens is 228 g/mol. The number of rotatable bonds is 2. The van der Waals surface area contributed by atoms with Gasteiger partial charge < -0.3 is 9.80 Å². The minimum Gasteiger partial charge on any atom is -0.336 e. The van der Waals surface area contributed by atoms with Gasteiger partial charge in [0.15, 0.2) is 0 Å². The van der Waals surface area contributed by atoms with Crippen molar-refractivity contribution in [3.8, 4) is 6.07 Å². The van der Waals surface area contributed by atoms with E-state index in [1.54, 1.807) is 18.3 Å². The van der Waals surface area contributed by atoms with Crippen LogP contribution in [0.4, 0.5) is 0 Å². The van der Waals surface area contributed by atoms with Crippen LogP contribution in [0.1, 0.15) is 16.1 Å². The summed E-state index contributed by atoms with van der Waals surface area (Å²) in [7, 11) is 2.05. The van der Waals surface area contributed by atoms with E-state index in [9.17, 15) is 4.79 Å². The van der Waals surface area contributed by atoms with E-state index < -0.39 is 0 Å². The zero-order valence-electron chi connectivity index (χ0n) is 10.5. The third-order valence-electron chi connectivity index (χ3n) is 3.11. The predicted molar refractivity (Wildman–Crippen MR) is 67.0 cm³/mol. The van der Waals surface area contributed by atoms with Crippen LogP contribution in [0.5, 0.6) is 0 Å². The summed E-state index contributed by atoms with van der Waals surface area (Å²) >= 11 is 0. The number of likely N-dealkylation sites (N-methyl/N-ethyl adjacent to an activating group) is 1. The monoisotopic (exact) mass is 244 g/mol. The van der Waals surface area contributed by atoms with E-state index in [0.717, 1.165) is 26.2 Å². The summed E-state index contributed by atoms with van der Waals surface area (Å²) in [6.45, 7) is 3.32. The lowest BCUT2D eigenvalue weighted by Gasteiger charge is -2.32. The maximum absolute atomic E-state index is 12.3. The average Bonchev–Trinajstić information content (AvgIpc) is 2.39. The van der Waals surface area contributed by atoms with E-state index in [0.29, 0.717) is 11.3 Å². The van der Waals surface area contributed by atoms with Gasteiger partial charge in [0.05, 0.1) is 18.2 Å². The van der Waals surface area contributed by atoms with Gasteiger partial charge in [-0.25, -0.2) is 0 Å². The molecule has 2 rings (SSSR count). The van der Waals surface area contributed by atoms with Crippen molar-refractivity contribution in [1.29, 1.82) is 5.26 Å². The Balaban J connectivity index is 2.09. The Bertz CT molecular complexity index is 472. The fourth-order valence-corrected chi connectivity index (χ4v) is 1.98. The van der Waals surface area contributed by atoms with Gasteiger partial charge in [-0.3, -0.25) is 9.78 Å². The minimum absolute atomic E-state index is 0.0321. The second-order valence-electron chi connectivity index (χ2n) is 4.47. The van der Waals surface area contributed by atoms with Crippen LogP contribution in [-0.4, -0.2) is 53.9 Å². The van der Waals surface area contributed by atoms with Crippen molar-refractivity contribution in [2.24, 2.45) is 0 Å². The number of nitrogens with zero attached hydrogens (tertiary/aromatic N) is 4. The van der Waals surface area contributed by atoms with Crippen LogP contribution in [0.15, 0.2) is 18.3 Å². The molecule has 0 saturated carbocycles. The van der Waals surface area contributed by atoms with Crippen LogP contribution < -0.4 is 0 Å². The number of nitriles is 1. The molecule has 1 aromatic rings. The van der Waals surface area contributed by atoms with Gasteiger partial charge in [-0.15, -0.1) is 0 Å². The van der Waals surface area contributed by atoms with Crippen molar-refractivity contribution in [2.75, 3.05) is 33.2 Å². The zero-order valence-corrected chi connectivity index (χ0v) is 10.5. The molecule has 0 atom stereocenters. The van der Waals surface area contributed by atoms with E-state index in [-0.39, 0.29) is 12.3 Å². The van der Waals surface area contributed by atoms with Crippen molar-refractivity contribution >= 4 is 5.91 Å². The normalized spacial score (nSPS) is 16.3. The maximum Gasteiger partial charge on any atom is 0.254 e. The maximum atomic E-state index is 12.3. The Morgan fingerprint density at radius 1 is 1.44 bits per heavy atom. The topological polar surface area (TPSA) is 60.2 Å².